The zero-order valence-corrected chi connectivity index (χ0v) is 35.3. The first kappa shape index (κ1) is 35.1. The van der Waals surface area contributed by atoms with E-state index < -0.39 is 0 Å². The van der Waals surface area contributed by atoms with E-state index in [0.29, 0.717) is 11.8 Å². The Balaban J connectivity index is 1.12. The van der Waals surface area contributed by atoms with Crippen molar-refractivity contribution in [2.45, 2.75) is 108 Å². The molecule has 0 aromatic heterocycles. The molecule has 1 nitrogen and oxygen atoms in total. The molecule has 4 bridgehead atoms. The van der Waals surface area contributed by atoms with E-state index in [1.54, 1.807) is 11.1 Å². The molecule has 7 aliphatic carbocycles. The maximum atomic E-state index is 2.72. The summed E-state index contributed by atoms with van der Waals surface area (Å²) in [5.41, 5.74) is 21.7. The number of hydrogen-bond donors (Lipinski definition) is 0. The van der Waals surface area contributed by atoms with E-state index in [2.05, 4.69) is 174 Å². The van der Waals surface area contributed by atoms with Gasteiger partial charge in [0.2, 0.25) is 0 Å². The summed E-state index contributed by atoms with van der Waals surface area (Å²) in [5.74, 6) is 3.15. The van der Waals surface area contributed by atoms with Crippen LogP contribution in [0, 0.1) is 23.7 Å². The van der Waals surface area contributed by atoms with Gasteiger partial charge in [-0.3, -0.25) is 0 Å². The van der Waals surface area contributed by atoms with Gasteiger partial charge in [0, 0.05) is 22.2 Å². The lowest BCUT2D eigenvalue weighted by atomic mass is 9.42. The fourth-order valence-electron chi connectivity index (χ4n) is 14.4. The summed E-state index contributed by atoms with van der Waals surface area (Å²) in [4.78, 5) is 2.70. The molecule has 4 fully saturated rings. The molecule has 6 aromatic carbocycles. The van der Waals surface area contributed by atoms with Crippen molar-refractivity contribution in [2.24, 2.45) is 23.7 Å². The van der Waals surface area contributed by atoms with E-state index in [9.17, 15) is 0 Å². The number of benzene rings is 6. The summed E-state index contributed by atoms with van der Waals surface area (Å²) in [6.45, 7) is 14.8. The van der Waals surface area contributed by atoms with E-state index in [-0.39, 0.29) is 21.7 Å². The van der Waals surface area contributed by atoms with Crippen LogP contribution in [0.3, 0.4) is 0 Å². The van der Waals surface area contributed by atoms with Crippen LogP contribution in [0.2, 0.25) is 0 Å². The van der Waals surface area contributed by atoms with Gasteiger partial charge < -0.3 is 4.90 Å². The largest absolute Gasteiger partial charge is 0.310 e. The fraction of sp³-hybridized carbons (Fsp3) is 0.368. The van der Waals surface area contributed by atoms with Gasteiger partial charge >= 0.3 is 0 Å². The minimum atomic E-state index is -0.0805. The summed E-state index contributed by atoms with van der Waals surface area (Å²) in [6.07, 6.45) is 9.34. The third-order valence-electron chi connectivity index (χ3n) is 16.9. The molecule has 7 aliphatic rings. The molecular formula is C57H57N. The number of hydrogen-bond acceptors (Lipinski definition) is 1. The normalized spacial score (nSPS) is 26.8. The SMILES string of the molecule is CC1(C)CCC(C)(C)c2c(N(c3ccc4c(c3)C(C)(C)c3ccccc3-4)c3ccc4c(c3)C3(c5c(-c6ccccc6)cccc5-4)C4CC5CC(C4)CC3C5)cccc21. The number of nitrogens with zero attached hydrogens (tertiary/aromatic N) is 1. The minimum Gasteiger partial charge on any atom is -0.310 e. The fourth-order valence-corrected chi connectivity index (χ4v) is 14.4. The van der Waals surface area contributed by atoms with Gasteiger partial charge in [-0.25, -0.2) is 0 Å². The molecule has 0 amide bonds. The maximum absolute atomic E-state index is 2.72. The van der Waals surface area contributed by atoms with Crippen LogP contribution in [-0.2, 0) is 21.7 Å². The number of anilines is 3. The predicted molar refractivity (Wildman–Crippen MR) is 243 cm³/mol. The number of fused-ring (bicyclic) bond motifs is 7. The Kier molecular flexibility index (Phi) is 7.18. The quantitative estimate of drug-likeness (QED) is 0.173. The van der Waals surface area contributed by atoms with E-state index >= 15 is 0 Å². The molecule has 0 radical (unpaired) electrons. The van der Waals surface area contributed by atoms with Gasteiger partial charge in [-0.2, -0.15) is 0 Å². The molecule has 0 saturated heterocycles. The van der Waals surface area contributed by atoms with Gasteiger partial charge in [0.1, 0.15) is 0 Å². The Morgan fingerprint density at radius 1 is 0.431 bits per heavy atom. The molecule has 1 spiro atoms. The highest BCUT2D eigenvalue weighted by Crippen LogP contribution is 2.71. The van der Waals surface area contributed by atoms with Gasteiger partial charge in [-0.1, -0.05) is 139 Å². The van der Waals surface area contributed by atoms with Crippen LogP contribution in [0.1, 0.15) is 120 Å². The lowest BCUT2D eigenvalue weighted by Gasteiger charge is -2.61. The molecule has 0 N–H and O–H groups in total. The monoisotopic (exact) mass is 755 g/mol. The van der Waals surface area contributed by atoms with Crippen LogP contribution < -0.4 is 4.90 Å². The molecule has 290 valence electrons. The van der Waals surface area contributed by atoms with Crippen molar-refractivity contribution in [3.63, 3.8) is 0 Å². The molecule has 13 rings (SSSR count). The topological polar surface area (TPSA) is 3.24 Å². The Bertz CT molecular complexity index is 2640. The molecule has 0 atom stereocenters. The Labute approximate surface area is 346 Å². The second-order valence-electron chi connectivity index (χ2n) is 21.2. The standard InChI is InChI=1S/C57H57N/c1-54(2)26-27-55(3,4)53-48(54)20-13-21-51(53)58(40-22-24-44-43-16-10-11-19-47(43)56(5,6)49(44)33-40)41-23-25-45-46-18-12-17-42(37-14-8-7-9-15-37)52(46)57(50(45)34-41)38-29-35-28-36(31-38)32-39(57)30-35/h7-25,33-36,38-39H,26-32H2,1-6H3. The van der Waals surface area contributed by atoms with Gasteiger partial charge in [0.15, 0.2) is 0 Å². The van der Waals surface area contributed by atoms with Crippen LogP contribution in [0.4, 0.5) is 17.1 Å². The lowest BCUT2D eigenvalue weighted by molar-refractivity contribution is -0.0397. The Hall–Kier alpha value is -4.88. The first-order valence-corrected chi connectivity index (χ1v) is 22.5. The third kappa shape index (κ3) is 4.60. The van der Waals surface area contributed by atoms with Crippen molar-refractivity contribution in [1.29, 1.82) is 0 Å². The van der Waals surface area contributed by atoms with E-state index in [1.165, 1.54) is 118 Å². The highest BCUT2D eigenvalue weighted by atomic mass is 15.1. The van der Waals surface area contributed by atoms with E-state index in [4.69, 9.17) is 0 Å². The average Bonchev–Trinajstić information content (AvgIpc) is 3.64. The van der Waals surface area contributed by atoms with Crippen LogP contribution in [0.25, 0.3) is 33.4 Å². The zero-order valence-electron chi connectivity index (χ0n) is 35.3. The van der Waals surface area contributed by atoms with Crippen LogP contribution >= 0.6 is 0 Å². The van der Waals surface area contributed by atoms with Crippen molar-refractivity contribution < 1.29 is 0 Å². The predicted octanol–water partition coefficient (Wildman–Crippen LogP) is 15.2. The van der Waals surface area contributed by atoms with Crippen LogP contribution in [0.5, 0.6) is 0 Å². The molecule has 0 unspecified atom stereocenters. The van der Waals surface area contributed by atoms with Gasteiger partial charge in [0.25, 0.3) is 0 Å². The second kappa shape index (κ2) is 11.9. The van der Waals surface area contributed by atoms with Gasteiger partial charge in [0.05, 0.1) is 5.69 Å². The number of rotatable bonds is 4. The summed E-state index contributed by atoms with van der Waals surface area (Å²) < 4.78 is 0. The zero-order chi connectivity index (χ0) is 39.3. The van der Waals surface area contributed by atoms with Crippen molar-refractivity contribution in [3.05, 3.63) is 161 Å². The van der Waals surface area contributed by atoms with E-state index in [1.807, 2.05) is 0 Å². The second-order valence-corrected chi connectivity index (χ2v) is 21.2. The molecule has 0 heterocycles. The van der Waals surface area contributed by atoms with Crippen molar-refractivity contribution in [2.75, 3.05) is 4.90 Å². The smallest absolute Gasteiger partial charge is 0.0502 e. The van der Waals surface area contributed by atoms with Crippen molar-refractivity contribution in [1.82, 2.24) is 0 Å². The summed E-state index contributed by atoms with van der Waals surface area (Å²) in [6, 6.07) is 50.1. The maximum Gasteiger partial charge on any atom is 0.0502 e. The molecule has 6 aromatic rings. The molecule has 0 aliphatic heterocycles. The first-order valence-electron chi connectivity index (χ1n) is 22.5. The van der Waals surface area contributed by atoms with Crippen LogP contribution in [-0.4, -0.2) is 0 Å². The first-order chi connectivity index (χ1) is 28.0. The molecule has 1 heteroatoms. The van der Waals surface area contributed by atoms with Crippen LogP contribution in [0.15, 0.2) is 127 Å². The summed E-state index contributed by atoms with van der Waals surface area (Å²) in [7, 11) is 0. The van der Waals surface area contributed by atoms with Crippen molar-refractivity contribution in [3.8, 4) is 33.4 Å². The third-order valence-corrected chi connectivity index (χ3v) is 16.9. The molecule has 58 heavy (non-hydrogen) atoms. The molecule has 4 saturated carbocycles. The lowest BCUT2D eigenvalue weighted by Crippen LogP contribution is -2.55. The van der Waals surface area contributed by atoms with Gasteiger partial charge in [-0.05, 0) is 177 Å². The average molecular weight is 756 g/mol. The van der Waals surface area contributed by atoms with E-state index in [0.717, 1.165) is 11.8 Å². The van der Waals surface area contributed by atoms with Crippen molar-refractivity contribution >= 4 is 17.1 Å². The summed E-state index contributed by atoms with van der Waals surface area (Å²) >= 11 is 0. The highest BCUT2D eigenvalue weighted by molar-refractivity contribution is 5.92. The highest BCUT2D eigenvalue weighted by Gasteiger charge is 2.62. The molecular weight excluding hydrogens is 699 g/mol. The Morgan fingerprint density at radius 3 is 1.71 bits per heavy atom. The summed E-state index contributed by atoms with van der Waals surface area (Å²) in [5, 5.41) is 0. The minimum absolute atomic E-state index is 0.0329. The van der Waals surface area contributed by atoms with Gasteiger partial charge in [-0.15, -0.1) is 0 Å². The Morgan fingerprint density at radius 2 is 0.983 bits per heavy atom.